The Morgan fingerprint density at radius 1 is 1.19 bits per heavy atom. The van der Waals surface area contributed by atoms with Crippen molar-refractivity contribution in [1.29, 1.82) is 0 Å². The average molecular weight is 603 g/mol. The summed E-state index contributed by atoms with van der Waals surface area (Å²) in [6, 6.07) is -0.0806. The second-order valence-electron chi connectivity index (χ2n) is 12.6. The smallest absolute Gasteiger partial charge is 0.409 e. The van der Waals surface area contributed by atoms with E-state index >= 15 is 0 Å². The number of nitrogens with zero attached hydrogens (tertiary/aromatic N) is 5. The third-order valence-electron chi connectivity index (χ3n) is 8.00. The maximum absolute atomic E-state index is 14.0. The van der Waals surface area contributed by atoms with Crippen LogP contribution >= 0.6 is 0 Å². The van der Waals surface area contributed by atoms with Gasteiger partial charge in [0.15, 0.2) is 11.4 Å². The van der Waals surface area contributed by atoms with Crippen LogP contribution in [0.1, 0.15) is 93.8 Å². The van der Waals surface area contributed by atoms with Crippen molar-refractivity contribution < 1.29 is 32.6 Å². The maximum atomic E-state index is 14.0. The quantitative estimate of drug-likeness (QED) is 0.397. The number of alkyl carbamates (subject to hydrolysis) is 1. The third kappa shape index (κ3) is 7.43. The summed E-state index contributed by atoms with van der Waals surface area (Å²) in [5, 5.41) is 16.4. The van der Waals surface area contributed by atoms with Crippen molar-refractivity contribution >= 4 is 23.3 Å². The van der Waals surface area contributed by atoms with Crippen LogP contribution in [-0.4, -0.2) is 68.7 Å². The second kappa shape index (κ2) is 12.5. The Morgan fingerprint density at radius 3 is 2.51 bits per heavy atom. The number of carbonyl (C=O) groups excluding carboxylic acids is 2. The molecule has 1 unspecified atom stereocenters. The number of ether oxygens (including phenoxy) is 1. The van der Waals surface area contributed by atoms with E-state index in [0.717, 1.165) is 37.1 Å². The lowest BCUT2D eigenvalue weighted by molar-refractivity contribution is 0.0471. The van der Waals surface area contributed by atoms with Crippen LogP contribution in [-0.2, 0) is 4.74 Å². The summed E-state index contributed by atoms with van der Waals surface area (Å²) in [4.78, 5) is 33.4. The zero-order valence-electron chi connectivity index (χ0n) is 25.0. The van der Waals surface area contributed by atoms with Gasteiger partial charge in [0, 0.05) is 38.2 Å². The molecule has 0 radical (unpaired) electrons. The van der Waals surface area contributed by atoms with E-state index in [1.54, 1.807) is 32.9 Å². The maximum Gasteiger partial charge on any atom is 0.409 e. The van der Waals surface area contributed by atoms with Crippen LogP contribution in [0.15, 0.2) is 35.2 Å². The van der Waals surface area contributed by atoms with Crippen molar-refractivity contribution in [3.8, 4) is 0 Å². The summed E-state index contributed by atoms with van der Waals surface area (Å²) < 4.78 is 40.6. The van der Waals surface area contributed by atoms with E-state index in [0.29, 0.717) is 24.3 Å². The summed E-state index contributed by atoms with van der Waals surface area (Å²) in [7, 11) is 1.41. The number of halogens is 2. The van der Waals surface area contributed by atoms with E-state index in [1.165, 1.54) is 24.2 Å². The van der Waals surface area contributed by atoms with E-state index < -0.39 is 35.9 Å². The van der Waals surface area contributed by atoms with Crippen molar-refractivity contribution in [1.82, 2.24) is 25.0 Å². The van der Waals surface area contributed by atoms with Crippen molar-refractivity contribution in [2.75, 3.05) is 25.1 Å². The zero-order valence-corrected chi connectivity index (χ0v) is 25.0. The van der Waals surface area contributed by atoms with Crippen molar-refractivity contribution in [2.24, 2.45) is 11.8 Å². The molecule has 2 aromatic heterocycles. The molecule has 13 heteroatoms. The first-order valence-corrected chi connectivity index (χ1v) is 14.8. The molecule has 1 atom stereocenters. The largest absolute Gasteiger partial charge is 0.444 e. The van der Waals surface area contributed by atoms with Gasteiger partial charge < -0.3 is 24.1 Å². The van der Waals surface area contributed by atoms with Crippen LogP contribution in [0.25, 0.3) is 5.57 Å². The van der Waals surface area contributed by atoms with Gasteiger partial charge in [-0.05, 0) is 83.3 Å². The average Bonchev–Trinajstić information content (AvgIpc) is 3.44. The number of alkyl halides is 2. The van der Waals surface area contributed by atoms with Crippen LogP contribution in [0.2, 0.25) is 0 Å². The molecule has 234 valence electrons. The predicted molar refractivity (Wildman–Crippen MR) is 154 cm³/mol. The number of aliphatic hydroxyl groups excluding tert-OH is 1. The summed E-state index contributed by atoms with van der Waals surface area (Å²) in [6.07, 6.45) is 9.41. The molecule has 0 saturated heterocycles. The first-order valence-electron chi connectivity index (χ1n) is 14.8. The first kappa shape index (κ1) is 30.7. The highest BCUT2D eigenvalue weighted by molar-refractivity contribution is 6.04. The monoisotopic (exact) mass is 602 g/mol. The highest BCUT2D eigenvalue weighted by atomic mass is 19.3. The Hall–Kier alpha value is -3.74. The minimum absolute atomic E-state index is 0.00273. The minimum atomic E-state index is -2.88. The number of nitrogens with one attached hydrogen (secondary N) is 1. The number of rotatable bonds is 9. The van der Waals surface area contributed by atoms with Crippen LogP contribution in [0.4, 0.5) is 19.3 Å². The molecule has 5 rings (SSSR count). The van der Waals surface area contributed by atoms with Crippen LogP contribution < -0.4 is 10.2 Å². The number of anilines is 1. The van der Waals surface area contributed by atoms with E-state index in [-0.39, 0.29) is 35.8 Å². The molecule has 11 nitrogen and oxygen atoms in total. The fourth-order valence-electron chi connectivity index (χ4n) is 5.43. The standard InChI is InChI=1S/C30H40F2N6O5/c1-30(2,3)43-29(41)34-24-13-20(11-12-37(24)14-18-5-6-18)27-33-22(17-42-27)28(40)36(4)23-15-38(35-25(23)26(31)32)21-9-7-19(16-39)8-10-21/h11-13,15,17-19,21,24,26,39H,5-10,14,16H2,1-4H3,(H,34,41). The number of hydrogen-bond donors (Lipinski definition) is 2. The molecule has 1 aliphatic heterocycles. The van der Waals surface area contributed by atoms with Crippen LogP contribution in [0.5, 0.6) is 0 Å². The number of allylic oxidation sites excluding steroid dienone is 2. The molecule has 2 N–H and O–H groups in total. The number of hydrogen-bond acceptors (Lipinski definition) is 8. The van der Waals surface area contributed by atoms with Crippen molar-refractivity contribution in [2.45, 2.75) is 83.5 Å². The Bertz CT molecular complexity index is 1370. The molecular formula is C30H40F2N6O5. The van der Waals surface area contributed by atoms with Gasteiger partial charge in [-0.3, -0.25) is 14.8 Å². The highest BCUT2D eigenvalue weighted by Crippen LogP contribution is 2.36. The van der Waals surface area contributed by atoms with Gasteiger partial charge >= 0.3 is 6.09 Å². The Balaban J connectivity index is 1.32. The topological polar surface area (TPSA) is 126 Å². The number of oxazole rings is 1. The van der Waals surface area contributed by atoms with E-state index in [9.17, 15) is 23.5 Å². The molecule has 0 spiro atoms. The predicted octanol–water partition coefficient (Wildman–Crippen LogP) is 5.28. The van der Waals surface area contributed by atoms with Crippen LogP contribution in [0.3, 0.4) is 0 Å². The van der Waals surface area contributed by atoms with Gasteiger partial charge in [-0.2, -0.15) is 5.10 Å². The summed E-state index contributed by atoms with van der Waals surface area (Å²) in [6.45, 7) is 6.25. The Kier molecular flexibility index (Phi) is 8.91. The van der Waals surface area contributed by atoms with Gasteiger partial charge in [0.05, 0.1) is 11.7 Å². The number of aromatic nitrogens is 3. The van der Waals surface area contributed by atoms with E-state index in [1.807, 2.05) is 11.1 Å². The molecule has 2 fully saturated rings. The zero-order chi connectivity index (χ0) is 30.9. The molecule has 2 amide bonds. The molecule has 2 aromatic rings. The minimum Gasteiger partial charge on any atom is -0.444 e. The van der Waals surface area contributed by atoms with Gasteiger partial charge in [0.2, 0.25) is 5.89 Å². The van der Waals surface area contributed by atoms with Crippen molar-refractivity contribution in [3.05, 3.63) is 48.1 Å². The fourth-order valence-corrected chi connectivity index (χ4v) is 5.43. The van der Waals surface area contributed by atoms with Gasteiger partial charge in [0.25, 0.3) is 12.3 Å². The number of aliphatic hydroxyl groups is 1. The summed E-state index contributed by atoms with van der Waals surface area (Å²) in [5.41, 5.74) is -0.641. The van der Waals surface area contributed by atoms with Gasteiger partial charge in [0.1, 0.15) is 18.0 Å². The summed E-state index contributed by atoms with van der Waals surface area (Å²) >= 11 is 0. The number of carbonyl (C=O) groups is 2. The molecule has 3 aliphatic rings. The molecular weight excluding hydrogens is 562 g/mol. The van der Waals surface area contributed by atoms with Gasteiger partial charge in [-0.25, -0.2) is 18.6 Å². The van der Waals surface area contributed by atoms with Crippen molar-refractivity contribution in [3.63, 3.8) is 0 Å². The molecule has 2 saturated carbocycles. The van der Waals surface area contributed by atoms with Gasteiger partial charge in [-0.1, -0.05) is 0 Å². The Labute approximate surface area is 249 Å². The SMILES string of the molecule is CN(C(=O)c1coc(C2=CC(NC(=O)OC(C)(C)C)N(CC3CC3)C=C2)n1)c1cn(C2CCC(CO)CC2)nc1C(F)F. The van der Waals surface area contributed by atoms with E-state index in [4.69, 9.17) is 9.15 Å². The molecule has 3 heterocycles. The molecule has 2 aliphatic carbocycles. The second-order valence-corrected chi connectivity index (χ2v) is 12.6. The fraction of sp³-hybridized carbons (Fsp3) is 0.600. The lowest BCUT2D eigenvalue weighted by Gasteiger charge is -2.32. The normalized spacial score (nSPS) is 22.5. The third-order valence-corrected chi connectivity index (χ3v) is 8.00. The lowest BCUT2D eigenvalue weighted by atomic mass is 9.87. The number of amides is 2. The Morgan fingerprint density at radius 2 is 1.88 bits per heavy atom. The van der Waals surface area contributed by atoms with Gasteiger partial charge in [-0.15, -0.1) is 0 Å². The molecule has 0 aromatic carbocycles. The highest BCUT2D eigenvalue weighted by Gasteiger charge is 2.32. The molecule has 43 heavy (non-hydrogen) atoms. The summed E-state index contributed by atoms with van der Waals surface area (Å²) in [5.74, 6) is 0.299. The van der Waals surface area contributed by atoms with Crippen LogP contribution in [0, 0.1) is 11.8 Å². The lowest BCUT2D eigenvalue weighted by Crippen LogP contribution is -2.48. The van der Waals surface area contributed by atoms with E-state index in [2.05, 4.69) is 15.4 Å². The first-order chi connectivity index (χ1) is 20.4. The molecule has 0 bridgehead atoms.